The minimum atomic E-state index is 0.273. The number of hydrogen-bond donors (Lipinski definition) is 0. The van der Waals surface area contributed by atoms with Crippen molar-refractivity contribution < 1.29 is 4.79 Å². The second kappa shape index (κ2) is 5.89. The van der Waals surface area contributed by atoms with Crippen molar-refractivity contribution in [2.45, 2.75) is 79.6 Å². The Hall–Kier alpha value is -0.590. The van der Waals surface area contributed by atoms with E-state index in [2.05, 4.69) is 41.2 Å². The number of carbonyl (C=O) groups excluding carboxylic acids is 1. The van der Waals surface area contributed by atoms with Gasteiger partial charge < -0.3 is 0 Å². The van der Waals surface area contributed by atoms with Crippen molar-refractivity contribution >= 4 is 5.78 Å². The molecule has 0 aromatic rings. The summed E-state index contributed by atoms with van der Waals surface area (Å²) in [7, 11) is 0. The van der Waals surface area contributed by atoms with Gasteiger partial charge in [0.1, 0.15) is 5.78 Å². The van der Waals surface area contributed by atoms with Crippen molar-refractivity contribution in [3.63, 3.8) is 0 Å². The summed E-state index contributed by atoms with van der Waals surface area (Å²) in [5.74, 6) is 2.30. The number of ketones is 1. The van der Waals surface area contributed by atoms with Crippen LogP contribution in [-0.4, -0.2) is 5.78 Å². The summed E-state index contributed by atoms with van der Waals surface area (Å²) in [6, 6.07) is 0. The number of rotatable bonds is 5. The molecule has 4 atom stereocenters. The molecule has 2 rings (SSSR count). The molecule has 0 bridgehead atoms. The van der Waals surface area contributed by atoms with Gasteiger partial charge in [0, 0.05) is 12.3 Å². The molecule has 0 aromatic carbocycles. The fraction of sp³-hybridized carbons (Fsp3) is 0.850. The highest BCUT2D eigenvalue weighted by Crippen LogP contribution is 2.59. The van der Waals surface area contributed by atoms with Crippen molar-refractivity contribution in [2.24, 2.45) is 28.6 Å². The van der Waals surface area contributed by atoms with Gasteiger partial charge in [0.2, 0.25) is 0 Å². The minimum absolute atomic E-state index is 0.273. The van der Waals surface area contributed by atoms with Crippen LogP contribution in [0, 0.1) is 28.6 Å². The van der Waals surface area contributed by atoms with Crippen molar-refractivity contribution in [3.05, 3.63) is 12.2 Å². The first-order chi connectivity index (χ1) is 9.68. The Labute approximate surface area is 131 Å². The first-order valence-corrected chi connectivity index (χ1v) is 8.85. The van der Waals surface area contributed by atoms with Crippen LogP contribution >= 0.6 is 0 Å². The molecule has 2 unspecified atom stereocenters. The lowest BCUT2D eigenvalue weighted by Crippen LogP contribution is -2.42. The van der Waals surface area contributed by atoms with E-state index in [9.17, 15) is 4.79 Å². The average Bonchev–Trinajstić information content (AvgIpc) is 2.74. The van der Waals surface area contributed by atoms with Crippen LogP contribution in [-0.2, 0) is 4.79 Å². The smallest absolute Gasteiger partial charge is 0.136 e. The topological polar surface area (TPSA) is 17.1 Å². The van der Waals surface area contributed by atoms with Gasteiger partial charge >= 0.3 is 0 Å². The number of hydrogen-bond acceptors (Lipinski definition) is 1. The van der Waals surface area contributed by atoms with Crippen LogP contribution in [0.15, 0.2) is 12.2 Å². The molecular weight excluding hydrogens is 256 g/mol. The van der Waals surface area contributed by atoms with E-state index in [1.54, 1.807) is 0 Å². The lowest BCUT2D eigenvalue weighted by atomic mass is 9.58. The molecular formula is C20H34O. The lowest BCUT2D eigenvalue weighted by molar-refractivity contribution is -0.130. The molecule has 2 aliphatic rings. The van der Waals surface area contributed by atoms with Crippen LogP contribution in [0.25, 0.3) is 0 Å². The number of fused-ring (bicyclic) bond motifs is 1. The molecule has 1 nitrogen and oxygen atoms in total. The second-order valence-electron chi connectivity index (χ2n) is 8.80. The van der Waals surface area contributed by atoms with Crippen LogP contribution in [0.3, 0.4) is 0 Å². The standard InChI is InChI=1S/C20H34O/c1-14(2)11-13-19(4,5)15(3)16-9-10-17-18(21)8-7-12-20(16,17)6/h15-17H,1,7-13H2,2-6H3/t15-,16?,17?,20-/m1/s1. The van der Waals surface area contributed by atoms with Crippen molar-refractivity contribution in [3.8, 4) is 0 Å². The Morgan fingerprint density at radius 3 is 2.71 bits per heavy atom. The van der Waals surface area contributed by atoms with Gasteiger partial charge in [-0.1, -0.05) is 33.3 Å². The van der Waals surface area contributed by atoms with Crippen molar-refractivity contribution in [2.75, 3.05) is 0 Å². The summed E-state index contributed by atoms with van der Waals surface area (Å²) < 4.78 is 0. The van der Waals surface area contributed by atoms with Crippen LogP contribution in [0.1, 0.15) is 79.6 Å². The van der Waals surface area contributed by atoms with Gasteiger partial charge in [-0.25, -0.2) is 0 Å². The van der Waals surface area contributed by atoms with Gasteiger partial charge in [-0.2, -0.15) is 0 Å². The van der Waals surface area contributed by atoms with Crippen molar-refractivity contribution in [1.82, 2.24) is 0 Å². The zero-order chi connectivity index (χ0) is 15.8. The van der Waals surface area contributed by atoms with Gasteiger partial charge in [-0.15, -0.1) is 6.58 Å². The maximum absolute atomic E-state index is 12.3. The van der Waals surface area contributed by atoms with Crippen LogP contribution < -0.4 is 0 Å². The van der Waals surface area contributed by atoms with E-state index in [-0.39, 0.29) is 5.41 Å². The molecule has 2 fully saturated rings. The lowest BCUT2D eigenvalue weighted by Gasteiger charge is -2.46. The maximum atomic E-state index is 12.3. The third-order valence-electron chi connectivity index (χ3n) is 6.97. The molecule has 0 N–H and O–H groups in total. The monoisotopic (exact) mass is 290 g/mol. The zero-order valence-corrected chi connectivity index (χ0v) is 14.8. The number of allylic oxidation sites excluding steroid dienone is 1. The highest BCUT2D eigenvalue weighted by atomic mass is 16.1. The quantitative estimate of drug-likeness (QED) is 0.586. The summed E-state index contributed by atoms with van der Waals surface area (Å²) in [5.41, 5.74) is 1.90. The van der Waals surface area contributed by atoms with Gasteiger partial charge in [0.05, 0.1) is 0 Å². The van der Waals surface area contributed by atoms with Gasteiger partial charge in [-0.05, 0) is 68.1 Å². The minimum Gasteiger partial charge on any atom is -0.299 e. The van der Waals surface area contributed by atoms with E-state index < -0.39 is 0 Å². The Morgan fingerprint density at radius 1 is 1.43 bits per heavy atom. The molecule has 0 spiro atoms. The molecule has 0 saturated heterocycles. The van der Waals surface area contributed by atoms with E-state index in [1.165, 1.54) is 24.8 Å². The molecule has 120 valence electrons. The highest BCUT2D eigenvalue weighted by molar-refractivity contribution is 5.83. The Bertz CT molecular complexity index is 420. The Balaban J connectivity index is 2.13. The first kappa shape index (κ1) is 16.8. The largest absolute Gasteiger partial charge is 0.299 e. The first-order valence-electron chi connectivity index (χ1n) is 8.85. The zero-order valence-electron chi connectivity index (χ0n) is 14.8. The molecule has 1 heteroatoms. The molecule has 0 heterocycles. The van der Waals surface area contributed by atoms with E-state index in [4.69, 9.17) is 0 Å². The summed E-state index contributed by atoms with van der Waals surface area (Å²) >= 11 is 0. The number of carbonyl (C=O) groups is 1. The maximum Gasteiger partial charge on any atom is 0.136 e. The fourth-order valence-electron chi connectivity index (χ4n) is 5.10. The van der Waals surface area contributed by atoms with Crippen LogP contribution in [0.2, 0.25) is 0 Å². The molecule has 2 aliphatic carbocycles. The number of Topliss-reactive ketones (excluding diaryl/α,β-unsaturated/α-hetero) is 1. The van der Waals surface area contributed by atoms with Crippen molar-refractivity contribution in [1.29, 1.82) is 0 Å². The van der Waals surface area contributed by atoms with Gasteiger partial charge in [-0.3, -0.25) is 4.79 Å². The molecule has 0 radical (unpaired) electrons. The average molecular weight is 290 g/mol. The Morgan fingerprint density at radius 2 is 2.10 bits per heavy atom. The summed E-state index contributed by atoms with van der Waals surface area (Å²) in [5, 5.41) is 0. The van der Waals surface area contributed by atoms with E-state index in [0.717, 1.165) is 25.7 Å². The second-order valence-corrected chi connectivity index (χ2v) is 8.80. The predicted octanol–water partition coefficient (Wildman–Crippen LogP) is 5.79. The molecule has 21 heavy (non-hydrogen) atoms. The predicted molar refractivity (Wildman–Crippen MR) is 90.2 cm³/mol. The van der Waals surface area contributed by atoms with E-state index in [0.29, 0.717) is 29.0 Å². The fourth-order valence-corrected chi connectivity index (χ4v) is 5.10. The summed E-state index contributed by atoms with van der Waals surface area (Å²) in [6.07, 6.45) is 7.94. The van der Waals surface area contributed by atoms with E-state index in [1.807, 2.05) is 0 Å². The van der Waals surface area contributed by atoms with Crippen LogP contribution in [0.4, 0.5) is 0 Å². The highest BCUT2D eigenvalue weighted by Gasteiger charge is 2.54. The van der Waals surface area contributed by atoms with Gasteiger partial charge in [0.25, 0.3) is 0 Å². The SMILES string of the molecule is C=C(C)CCC(C)(C)[C@H](C)C1CCC2C(=O)CCC[C@@]21C. The summed E-state index contributed by atoms with van der Waals surface area (Å²) in [4.78, 5) is 12.3. The van der Waals surface area contributed by atoms with E-state index >= 15 is 0 Å². The molecule has 0 aromatic heterocycles. The Kier molecular flexibility index (Phi) is 4.71. The third-order valence-corrected chi connectivity index (χ3v) is 6.97. The summed E-state index contributed by atoms with van der Waals surface area (Å²) in [6.45, 7) is 15.9. The van der Waals surface area contributed by atoms with Gasteiger partial charge in [0.15, 0.2) is 0 Å². The molecule has 2 saturated carbocycles. The normalized spacial score (nSPS) is 34.6. The van der Waals surface area contributed by atoms with Crippen LogP contribution in [0.5, 0.6) is 0 Å². The molecule has 0 aliphatic heterocycles. The molecule has 0 amide bonds. The third kappa shape index (κ3) is 3.12.